The molecule has 19 heavy (non-hydrogen) atoms. The molecule has 2 amide bonds. The van der Waals surface area contributed by atoms with Crippen molar-refractivity contribution in [2.75, 3.05) is 24.9 Å². The van der Waals surface area contributed by atoms with E-state index < -0.39 is 6.03 Å². The van der Waals surface area contributed by atoms with Crippen molar-refractivity contribution in [2.24, 2.45) is 0 Å². The Morgan fingerprint density at radius 3 is 2.68 bits per heavy atom. The monoisotopic (exact) mass is 263 g/mol. The molecule has 100 valence electrons. The number of hydrogen-bond donors (Lipinski definition) is 2. The maximum absolute atomic E-state index is 11.7. The molecule has 0 aliphatic carbocycles. The summed E-state index contributed by atoms with van der Waals surface area (Å²) >= 11 is 0. The lowest BCUT2D eigenvalue weighted by molar-refractivity contribution is 0.261. The molecule has 2 N–H and O–H groups in total. The number of anilines is 2. The second-order valence-corrected chi connectivity index (χ2v) is 3.52. The molecule has 1 heterocycles. The number of carbonyl (C=O) groups is 1. The van der Waals surface area contributed by atoms with Gasteiger partial charge < -0.3 is 19.3 Å². The molecule has 0 saturated carbocycles. The number of nitrogens with one attached hydrogen (secondary N) is 2. The van der Waals surface area contributed by atoms with Crippen LogP contribution < -0.4 is 20.1 Å². The number of ether oxygens (including phenoxy) is 2. The Morgan fingerprint density at radius 2 is 2.05 bits per heavy atom. The molecule has 0 atom stereocenters. The van der Waals surface area contributed by atoms with E-state index in [1.165, 1.54) is 19.4 Å². The first-order valence-corrected chi connectivity index (χ1v) is 5.43. The van der Waals surface area contributed by atoms with E-state index in [1.54, 1.807) is 25.3 Å². The van der Waals surface area contributed by atoms with Gasteiger partial charge in [-0.05, 0) is 12.1 Å². The lowest BCUT2D eigenvalue weighted by Gasteiger charge is -2.11. The summed E-state index contributed by atoms with van der Waals surface area (Å²) in [6.45, 7) is 0. The number of benzene rings is 1. The van der Waals surface area contributed by atoms with Crippen molar-refractivity contribution in [1.82, 2.24) is 5.16 Å². The summed E-state index contributed by atoms with van der Waals surface area (Å²) in [4.78, 5) is 11.7. The number of aromatic nitrogens is 1. The van der Waals surface area contributed by atoms with Gasteiger partial charge in [0.2, 0.25) is 5.88 Å². The van der Waals surface area contributed by atoms with Gasteiger partial charge in [0.1, 0.15) is 11.5 Å². The number of rotatable bonds is 4. The highest BCUT2D eigenvalue weighted by molar-refractivity contribution is 5.99. The molecule has 2 rings (SSSR count). The van der Waals surface area contributed by atoms with Crippen molar-refractivity contribution in [3.05, 3.63) is 30.5 Å². The van der Waals surface area contributed by atoms with Crippen LogP contribution in [-0.4, -0.2) is 25.4 Å². The Hall–Kier alpha value is -2.70. The van der Waals surface area contributed by atoms with E-state index >= 15 is 0 Å². The maximum Gasteiger partial charge on any atom is 0.326 e. The third kappa shape index (κ3) is 3.15. The quantitative estimate of drug-likeness (QED) is 0.884. The number of amides is 2. The highest BCUT2D eigenvalue weighted by Gasteiger charge is 2.10. The van der Waals surface area contributed by atoms with Crippen LogP contribution in [0.4, 0.5) is 16.4 Å². The van der Waals surface area contributed by atoms with Crippen LogP contribution in [0.1, 0.15) is 0 Å². The summed E-state index contributed by atoms with van der Waals surface area (Å²) < 4.78 is 15.0. The third-order valence-corrected chi connectivity index (χ3v) is 2.33. The second kappa shape index (κ2) is 5.76. The number of nitrogens with zero attached hydrogens (tertiary/aromatic N) is 1. The van der Waals surface area contributed by atoms with Crippen LogP contribution in [0.15, 0.2) is 35.0 Å². The lowest BCUT2D eigenvalue weighted by atomic mass is 10.2. The van der Waals surface area contributed by atoms with E-state index in [0.29, 0.717) is 17.2 Å². The summed E-state index contributed by atoms with van der Waals surface area (Å²) in [5.41, 5.74) is 0.514. The smallest absolute Gasteiger partial charge is 0.326 e. The van der Waals surface area contributed by atoms with E-state index in [-0.39, 0.29) is 5.88 Å². The van der Waals surface area contributed by atoms with Crippen molar-refractivity contribution >= 4 is 17.6 Å². The standard InChI is InChI=1S/C12H13N3O4/c1-17-8-3-4-9(10(7-8)18-2)14-12(16)15-11-5-6-13-19-11/h3-7H,1-2H3,(H2,14,15,16). The average molecular weight is 263 g/mol. The van der Waals surface area contributed by atoms with Gasteiger partial charge in [-0.1, -0.05) is 5.16 Å². The SMILES string of the molecule is COc1ccc(NC(=O)Nc2ccno2)c(OC)c1. The van der Waals surface area contributed by atoms with Crippen molar-refractivity contribution < 1.29 is 18.8 Å². The summed E-state index contributed by atoms with van der Waals surface area (Å²) in [6, 6.07) is 6.14. The van der Waals surface area contributed by atoms with Gasteiger partial charge in [0, 0.05) is 12.1 Å². The number of urea groups is 1. The number of hydrogen-bond acceptors (Lipinski definition) is 5. The number of methoxy groups -OCH3 is 2. The van der Waals surface area contributed by atoms with Gasteiger partial charge >= 0.3 is 6.03 Å². The van der Waals surface area contributed by atoms with Crippen molar-refractivity contribution in [3.63, 3.8) is 0 Å². The Kier molecular flexibility index (Phi) is 3.87. The summed E-state index contributed by atoms with van der Waals surface area (Å²) in [7, 11) is 3.06. The molecular weight excluding hydrogens is 250 g/mol. The molecular formula is C12H13N3O4. The molecule has 0 radical (unpaired) electrons. The highest BCUT2D eigenvalue weighted by atomic mass is 16.5. The zero-order valence-corrected chi connectivity index (χ0v) is 10.5. The minimum Gasteiger partial charge on any atom is -0.497 e. The molecule has 7 nitrogen and oxygen atoms in total. The van der Waals surface area contributed by atoms with Crippen LogP contribution in [0.3, 0.4) is 0 Å². The van der Waals surface area contributed by atoms with Crippen LogP contribution >= 0.6 is 0 Å². The van der Waals surface area contributed by atoms with Gasteiger partial charge in [-0.3, -0.25) is 5.32 Å². The summed E-state index contributed by atoms with van der Waals surface area (Å²) in [6.07, 6.45) is 1.43. The molecule has 0 fully saturated rings. The fourth-order valence-electron chi connectivity index (χ4n) is 1.45. The number of carbonyl (C=O) groups excluding carboxylic acids is 1. The van der Waals surface area contributed by atoms with Gasteiger partial charge in [-0.15, -0.1) is 0 Å². The second-order valence-electron chi connectivity index (χ2n) is 3.52. The van der Waals surface area contributed by atoms with E-state index in [0.717, 1.165) is 0 Å². The van der Waals surface area contributed by atoms with Crippen LogP contribution in [0.25, 0.3) is 0 Å². The van der Waals surface area contributed by atoms with E-state index in [1.807, 2.05) is 0 Å². The van der Waals surface area contributed by atoms with Gasteiger partial charge in [-0.2, -0.15) is 0 Å². The molecule has 0 bridgehead atoms. The van der Waals surface area contributed by atoms with Gasteiger partial charge in [0.15, 0.2) is 0 Å². The normalized spacial score (nSPS) is 9.79. The molecule has 2 aromatic rings. The molecule has 1 aromatic carbocycles. The molecule has 0 aliphatic rings. The molecule has 1 aromatic heterocycles. The minimum absolute atomic E-state index is 0.255. The zero-order valence-electron chi connectivity index (χ0n) is 10.5. The third-order valence-electron chi connectivity index (χ3n) is 2.33. The van der Waals surface area contributed by atoms with Crippen LogP contribution in [0.5, 0.6) is 11.5 Å². The molecule has 0 saturated heterocycles. The fraction of sp³-hybridized carbons (Fsp3) is 0.167. The Bertz CT molecular complexity index is 554. The first-order valence-electron chi connectivity index (χ1n) is 5.43. The van der Waals surface area contributed by atoms with Crippen LogP contribution in [0, 0.1) is 0 Å². The Morgan fingerprint density at radius 1 is 1.21 bits per heavy atom. The Labute approximate surface area is 109 Å². The average Bonchev–Trinajstić information content (AvgIpc) is 2.91. The fourth-order valence-corrected chi connectivity index (χ4v) is 1.45. The molecule has 0 aliphatic heterocycles. The highest BCUT2D eigenvalue weighted by Crippen LogP contribution is 2.29. The Balaban J connectivity index is 2.07. The lowest BCUT2D eigenvalue weighted by Crippen LogP contribution is -2.19. The zero-order chi connectivity index (χ0) is 13.7. The summed E-state index contributed by atoms with van der Waals surface area (Å²) in [5.74, 6) is 1.38. The predicted octanol–water partition coefficient (Wildman–Crippen LogP) is 2.34. The van der Waals surface area contributed by atoms with Gasteiger partial charge in [0.25, 0.3) is 0 Å². The molecule has 0 spiro atoms. The van der Waals surface area contributed by atoms with E-state index in [4.69, 9.17) is 14.0 Å². The largest absolute Gasteiger partial charge is 0.497 e. The van der Waals surface area contributed by atoms with Crippen LogP contribution in [-0.2, 0) is 0 Å². The topological polar surface area (TPSA) is 85.6 Å². The first-order chi connectivity index (χ1) is 9.22. The maximum atomic E-state index is 11.7. The van der Waals surface area contributed by atoms with Crippen molar-refractivity contribution in [2.45, 2.75) is 0 Å². The summed E-state index contributed by atoms with van der Waals surface area (Å²) in [5, 5.41) is 8.60. The minimum atomic E-state index is -0.458. The molecule has 0 unspecified atom stereocenters. The van der Waals surface area contributed by atoms with Gasteiger partial charge in [-0.25, -0.2) is 4.79 Å². The van der Waals surface area contributed by atoms with Crippen molar-refractivity contribution in [3.8, 4) is 11.5 Å². The van der Waals surface area contributed by atoms with E-state index in [2.05, 4.69) is 15.8 Å². The van der Waals surface area contributed by atoms with Crippen LogP contribution in [0.2, 0.25) is 0 Å². The van der Waals surface area contributed by atoms with Crippen molar-refractivity contribution in [1.29, 1.82) is 0 Å². The van der Waals surface area contributed by atoms with E-state index in [9.17, 15) is 4.79 Å². The van der Waals surface area contributed by atoms with Gasteiger partial charge in [0.05, 0.1) is 26.1 Å². The predicted molar refractivity (Wildman–Crippen MR) is 68.7 cm³/mol. The molecule has 7 heteroatoms. The first kappa shape index (κ1) is 12.7.